The topological polar surface area (TPSA) is 52.0 Å². The largest absolute Gasteiger partial charge is 0.367 e. The molecule has 2 unspecified atom stereocenters. The molecule has 0 saturated heterocycles. The number of anilines is 1. The molecule has 3 rings (SSSR count). The monoisotopic (exact) mass is 228 g/mol. The van der Waals surface area contributed by atoms with Gasteiger partial charge in [-0.05, 0) is 30.2 Å². The highest BCUT2D eigenvalue weighted by Crippen LogP contribution is 2.38. The van der Waals surface area contributed by atoms with E-state index in [1.165, 1.54) is 5.56 Å². The second-order valence-corrected chi connectivity index (χ2v) is 4.87. The molecule has 0 aliphatic heterocycles. The fraction of sp³-hybridized carbons (Fsp3) is 0.357. The third kappa shape index (κ3) is 1.71. The van der Waals surface area contributed by atoms with E-state index in [0.717, 1.165) is 24.1 Å². The van der Waals surface area contributed by atoms with Gasteiger partial charge in [0.05, 0.1) is 5.69 Å². The summed E-state index contributed by atoms with van der Waals surface area (Å²) >= 11 is 0. The number of nitrogens with zero attached hydrogens (tertiary/aromatic N) is 1. The molecule has 0 amide bonds. The first-order valence-corrected chi connectivity index (χ1v) is 6.03. The van der Waals surface area contributed by atoms with E-state index in [0.29, 0.717) is 17.7 Å². The maximum atomic E-state index is 5.82. The summed E-state index contributed by atoms with van der Waals surface area (Å²) in [7, 11) is 0. The highest BCUT2D eigenvalue weighted by Gasteiger charge is 2.30. The first kappa shape index (κ1) is 10.4. The van der Waals surface area contributed by atoms with Gasteiger partial charge >= 0.3 is 0 Å². The maximum Gasteiger partial charge on any atom is 0.225 e. The number of rotatable bonds is 1. The molecule has 17 heavy (non-hydrogen) atoms. The lowest BCUT2D eigenvalue weighted by molar-refractivity contribution is 0.399. The Morgan fingerprint density at radius 3 is 2.76 bits per heavy atom. The third-order valence-corrected chi connectivity index (χ3v) is 3.75. The third-order valence-electron chi connectivity index (χ3n) is 3.75. The Balaban J connectivity index is 1.97. The van der Waals surface area contributed by atoms with Crippen molar-refractivity contribution in [2.45, 2.75) is 25.7 Å². The van der Waals surface area contributed by atoms with Crippen molar-refractivity contribution in [2.75, 3.05) is 5.73 Å². The minimum absolute atomic E-state index is 0.493. The molecule has 0 spiro atoms. The van der Waals surface area contributed by atoms with E-state index < -0.39 is 0 Å². The predicted octanol–water partition coefficient (Wildman–Crippen LogP) is 2.78. The van der Waals surface area contributed by atoms with Gasteiger partial charge in [0.25, 0.3) is 0 Å². The summed E-state index contributed by atoms with van der Waals surface area (Å²) in [5.41, 5.74) is 9.35. The molecule has 88 valence electrons. The van der Waals surface area contributed by atoms with E-state index in [4.69, 9.17) is 10.3 Å². The van der Waals surface area contributed by atoms with Gasteiger partial charge in [-0.25, -0.2) is 0 Å². The van der Waals surface area contributed by atoms with Crippen LogP contribution in [-0.2, 0) is 12.8 Å². The summed E-state index contributed by atoms with van der Waals surface area (Å²) < 4.78 is 5.08. The fourth-order valence-electron chi connectivity index (χ4n) is 2.75. The van der Waals surface area contributed by atoms with Gasteiger partial charge in [0.15, 0.2) is 0 Å². The van der Waals surface area contributed by atoms with Crippen LogP contribution in [0, 0.1) is 5.92 Å². The van der Waals surface area contributed by atoms with Crippen LogP contribution < -0.4 is 5.73 Å². The Bertz CT molecular complexity index is 518. The molecule has 0 bridgehead atoms. The van der Waals surface area contributed by atoms with E-state index >= 15 is 0 Å². The Labute approximate surface area is 101 Å². The van der Waals surface area contributed by atoms with Crippen LogP contribution in [0.4, 0.5) is 5.88 Å². The van der Waals surface area contributed by atoms with Gasteiger partial charge in [-0.3, -0.25) is 0 Å². The van der Waals surface area contributed by atoms with Crippen molar-refractivity contribution < 1.29 is 4.52 Å². The Morgan fingerprint density at radius 2 is 2.00 bits per heavy atom. The second kappa shape index (κ2) is 3.91. The molecule has 0 saturated carbocycles. The van der Waals surface area contributed by atoms with Crippen LogP contribution >= 0.6 is 0 Å². The first-order valence-electron chi connectivity index (χ1n) is 6.03. The van der Waals surface area contributed by atoms with Crippen molar-refractivity contribution in [1.29, 1.82) is 0 Å². The predicted molar refractivity (Wildman–Crippen MR) is 66.7 cm³/mol. The number of aromatic nitrogens is 1. The van der Waals surface area contributed by atoms with Crippen molar-refractivity contribution in [3.8, 4) is 0 Å². The number of hydrogen-bond donors (Lipinski definition) is 1. The zero-order chi connectivity index (χ0) is 11.8. The molecular weight excluding hydrogens is 212 g/mol. The van der Waals surface area contributed by atoms with Gasteiger partial charge in [-0.15, -0.1) is 0 Å². The number of nitrogen functional groups attached to an aromatic ring is 1. The quantitative estimate of drug-likeness (QED) is 0.816. The molecule has 0 radical (unpaired) electrons. The van der Waals surface area contributed by atoms with E-state index in [1.54, 1.807) is 0 Å². The summed E-state index contributed by atoms with van der Waals surface area (Å²) in [5, 5.41) is 4.03. The zero-order valence-electron chi connectivity index (χ0n) is 9.89. The van der Waals surface area contributed by atoms with Gasteiger partial charge in [0, 0.05) is 5.56 Å². The van der Waals surface area contributed by atoms with Crippen LogP contribution in [0.15, 0.2) is 34.9 Å². The average molecular weight is 228 g/mol. The van der Waals surface area contributed by atoms with Crippen molar-refractivity contribution >= 4 is 5.88 Å². The van der Waals surface area contributed by atoms with Gasteiger partial charge in [-0.2, -0.15) is 0 Å². The average Bonchev–Trinajstić information content (AvgIpc) is 2.70. The van der Waals surface area contributed by atoms with Crippen molar-refractivity contribution in [3.63, 3.8) is 0 Å². The summed E-state index contributed by atoms with van der Waals surface area (Å²) in [4.78, 5) is 0. The van der Waals surface area contributed by atoms with Gasteiger partial charge < -0.3 is 10.3 Å². The number of fused-ring (bicyclic) bond motifs is 1. The van der Waals surface area contributed by atoms with Crippen molar-refractivity contribution in [1.82, 2.24) is 5.16 Å². The fourth-order valence-corrected chi connectivity index (χ4v) is 2.75. The second-order valence-electron chi connectivity index (χ2n) is 4.87. The zero-order valence-corrected chi connectivity index (χ0v) is 9.89. The molecular formula is C14H16N2O. The molecule has 2 atom stereocenters. The lowest BCUT2D eigenvalue weighted by atomic mass is 9.75. The normalized spacial score (nSPS) is 23.4. The number of hydrogen-bond acceptors (Lipinski definition) is 3. The minimum atomic E-state index is 0.493. The highest BCUT2D eigenvalue weighted by atomic mass is 16.5. The van der Waals surface area contributed by atoms with Crippen LogP contribution in [0.2, 0.25) is 0 Å². The van der Waals surface area contributed by atoms with E-state index in [2.05, 4.69) is 42.4 Å². The molecule has 1 aromatic carbocycles. The van der Waals surface area contributed by atoms with Crippen LogP contribution in [0.5, 0.6) is 0 Å². The van der Waals surface area contributed by atoms with Gasteiger partial charge in [0.2, 0.25) is 5.88 Å². The maximum absolute atomic E-state index is 5.82. The molecule has 3 heteroatoms. The van der Waals surface area contributed by atoms with Crippen LogP contribution in [0.1, 0.15) is 29.7 Å². The van der Waals surface area contributed by atoms with Crippen LogP contribution in [0.25, 0.3) is 0 Å². The molecule has 1 aliphatic carbocycles. The number of nitrogens with two attached hydrogens (primary N) is 1. The Kier molecular flexibility index (Phi) is 2.39. The Hall–Kier alpha value is -1.77. The molecule has 1 aliphatic rings. The first-order chi connectivity index (χ1) is 8.25. The molecule has 2 N–H and O–H groups in total. The van der Waals surface area contributed by atoms with Crippen molar-refractivity contribution in [3.05, 3.63) is 47.2 Å². The summed E-state index contributed by atoms with van der Waals surface area (Å²) in [6.07, 6.45) is 1.89. The van der Waals surface area contributed by atoms with E-state index in [9.17, 15) is 0 Å². The van der Waals surface area contributed by atoms with E-state index in [1.807, 2.05) is 0 Å². The molecule has 1 heterocycles. The minimum Gasteiger partial charge on any atom is -0.367 e. The van der Waals surface area contributed by atoms with Crippen LogP contribution in [-0.4, -0.2) is 5.16 Å². The standard InChI is InChI=1S/C14H16N2O/c1-9-7-13-12(14(15)17-16-13)8-11(9)10-5-3-2-4-6-10/h2-6,9,11H,7-8,15H2,1H3. The molecule has 3 nitrogen and oxygen atoms in total. The van der Waals surface area contributed by atoms with Crippen LogP contribution in [0.3, 0.4) is 0 Å². The SMILES string of the molecule is CC1Cc2noc(N)c2CC1c1ccccc1. The summed E-state index contributed by atoms with van der Waals surface area (Å²) in [6.45, 7) is 2.27. The summed E-state index contributed by atoms with van der Waals surface area (Å²) in [5.74, 6) is 1.59. The molecule has 1 aromatic heterocycles. The Morgan fingerprint density at radius 1 is 1.24 bits per heavy atom. The molecule has 0 fully saturated rings. The lowest BCUT2D eigenvalue weighted by Gasteiger charge is -2.28. The smallest absolute Gasteiger partial charge is 0.225 e. The van der Waals surface area contributed by atoms with Gasteiger partial charge in [-0.1, -0.05) is 42.4 Å². The number of benzene rings is 1. The van der Waals surface area contributed by atoms with E-state index in [-0.39, 0.29) is 0 Å². The van der Waals surface area contributed by atoms with Gasteiger partial charge in [0.1, 0.15) is 0 Å². The molecule has 2 aromatic rings. The van der Waals surface area contributed by atoms with Crippen molar-refractivity contribution in [2.24, 2.45) is 5.92 Å². The highest BCUT2D eigenvalue weighted by molar-refractivity contribution is 5.43. The lowest BCUT2D eigenvalue weighted by Crippen LogP contribution is -2.21. The summed E-state index contributed by atoms with van der Waals surface area (Å²) in [6, 6.07) is 10.6.